The normalized spacial score (nSPS) is 13.8. The molecule has 2 nitrogen and oxygen atoms in total. The zero-order chi connectivity index (χ0) is 13.1. The maximum absolute atomic E-state index is 10.1. The van der Waals surface area contributed by atoms with Gasteiger partial charge in [-0.05, 0) is 50.5 Å². The number of ether oxygens (including phenoxy) is 1. The van der Waals surface area contributed by atoms with Gasteiger partial charge in [-0.15, -0.1) is 0 Å². The molecule has 0 saturated heterocycles. The van der Waals surface area contributed by atoms with Crippen LogP contribution >= 0.6 is 27.5 Å². The first-order chi connectivity index (χ1) is 7.85. The van der Waals surface area contributed by atoms with Gasteiger partial charge in [0.15, 0.2) is 0 Å². The van der Waals surface area contributed by atoms with E-state index >= 15 is 0 Å². The fourth-order valence-corrected chi connectivity index (χ4v) is 2.20. The molecule has 1 atom stereocenters. The summed E-state index contributed by atoms with van der Waals surface area (Å²) in [5, 5.41) is 10.8. The van der Waals surface area contributed by atoms with Crippen LogP contribution in [0.1, 0.15) is 38.4 Å². The highest BCUT2D eigenvalue weighted by Crippen LogP contribution is 2.31. The molecule has 1 N–H and O–H groups in total. The molecule has 0 aliphatic carbocycles. The second-order valence-corrected chi connectivity index (χ2v) is 5.97. The molecule has 0 fully saturated rings. The first-order valence-corrected chi connectivity index (χ1v) is 6.71. The topological polar surface area (TPSA) is 29.5 Å². The SMILES string of the molecule is COC(C)(C)CCC(O)c1cc(Cl)ccc1Br. The fourth-order valence-electron chi connectivity index (χ4n) is 1.51. The predicted octanol–water partition coefficient (Wildman–Crippen LogP) is 4.34. The molecule has 1 aromatic rings. The number of hydrogen-bond donors (Lipinski definition) is 1. The highest BCUT2D eigenvalue weighted by molar-refractivity contribution is 9.10. The zero-order valence-corrected chi connectivity index (χ0v) is 12.7. The molecule has 1 aromatic carbocycles. The minimum atomic E-state index is -0.530. The van der Waals surface area contributed by atoms with E-state index in [1.54, 1.807) is 19.2 Å². The van der Waals surface area contributed by atoms with Crippen LogP contribution < -0.4 is 0 Å². The summed E-state index contributed by atoms with van der Waals surface area (Å²) in [6.07, 6.45) is 0.890. The molecule has 0 bridgehead atoms. The molecule has 1 rings (SSSR count). The van der Waals surface area contributed by atoms with Gasteiger partial charge in [0.05, 0.1) is 11.7 Å². The van der Waals surface area contributed by atoms with Crippen LogP contribution in [0.5, 0.6) is 0 Å². The summed E-state index contributed by atoms with van der Waals surface area (Å²) in [4.78, 5) is 0. The van der Waals surface area contributed by atoms with E-state index in [0.29, 0.717) is 11.4 Å². The molecule has 96 valence electrons. The molecule has 0 aliphatic heterocycles. The van der Waals surface area contributed by atoms with Crippen LogP contribution in [0, 0.1) is 0 Å². The molecule has 0 saturated carbocycles. The van der Waals surface area contributed by atoms with Crippen LogP contribution in [-0.2, 0) is 4.74 Å². The average molecular weight is 322 g/mol. The monoisotopic (exact) mass is 320 g/mol. The van der Waals surface area contributed by atoms with Crippen molar-refractivity contribution < 1.29 is 9.84 Å². The van der Waals surface area contributed by atoms with E-state index in [1.165, 1.54) is 0 Å². The summed E-state index contributed by atoms with van der Waals surface area (Å²) < 4.78 is 6.21. The summed E-state index contributed by atoms with van der Waals surface area (Å²) in [6.45, 7) is 4.01. The van der Waals surface area contributed by atoms with E-state index in [2.05, 4.69) is 15.9 Å². The summed E-state index contributed by atoms with van der Waals surface area (Å²) in [7, 11) is 1.68. The third kappa shape index (κ3) is 4.59. The Kier molecular flexibility index (Phi) is 5.45. The smallest absolute Gasteiger partial charge is 0.0802 e. The molecule has 1 unspecified atom stereocenters. The van der Waals surface area contributed by atoms with E-state index in [0.717, 1.165) is 16.5 Å². The zero-order valence-electron chi connectivity index (χ0n) is 10.3. The lowest BCUT2D eigenvalue weighted by Gasteiger charge is -2.24. The van der Waals surface area contributed by atoms with E-state index in [4.69, 9.17) is 16.3 Å². The minimum absolute atomic E-state index is 0.216. The molecule has 0 spiro atoms. The van der Waals surface area contributed by atoms with E-state index in [1.807, 2.05) is 19.9 Å². The second-order valence-electron chi connectivity index (χ2n) is 4.68. The Morgan fingerprint density at radius 3 is 2.71 bits per heavy atom. The van der Waals surface area contributed by atoms with Crippen molar-refractivity contribution in [2.24, 2.45) is 0 Å². The Hall–Kier alpha value is -0.0900. The van der Waals surface area contributed by atoms with Crippen LogP contribution in [0.2, 0.25) is 5.02 Å². The van der Waals surface area contributed by atoms with Gasteiger partial charge in [-0.25, -0.2) is 0 Å². The van der Waals surface area contributed by atoms with Gasteiger partial charge < -0.3 is 9.84 Å². The van der Waals surface area contributed by atoms with Gasteiger partial charge in [-0.1, -0.05) is 27.5 Å². The third-order valence-electron chi connectivity index (χ3n) is 2.89. The molecule has 0 heterocycles. The van der Waals surface area contributed by atoms with E-state index in [9.17, 15) is 5.11 Å². The molecular weight excluding hydrogens is 303 g/mol. The summed E-state index contributed by atoms with van der Waals surface area (Å²) in [6, 6.07) is 5.43. The standard InChI is InChI=1S/C13H18BrClO2/c1-13(2,17-3)7-6-12(16)10-8-9(15)4-5-11(10)14/h4-5,8,12,16H,6-7H2,1-3H3. The highest BCUT2D eigenvalue weighted by atomic mass is 79.9. The quantitative estimate of drug-likeness (QED) is 0.874. The molecule has 0 radical (unpaired) electrons. The molecule has 17 heavy (non-hydrogen) atoms. The van der Waals surface area contributed by atoms with Gasteiger partial charge in [0.1, 0.15) is 0 Å². The predicted molar refractivity (Wildman–Crippen MR) is 74.4 cm³/mol. The average Bonchev–Trinajstić information content (AvgIpc) is 2.29. The maximum atomic E-state index is 10.1. The number of methoxy groups -OCH3 is 1. The Morgan fingerprint density at radius 2 is 2.12 bits per heavy atom. The Balaban J connectivity index is 2.70. The Bertz CT molecular complexity index is 380. The number of halogens is 2. The van der Waals surface area contributed by atoms with Crippen molar-refractivity contribution in [3.05, 3.63) is 33.3 Å². The van der Waals surface area contributed by atoms with Crippen molar-refractivity contribution >= 4 is 27.5 Å². The van der Waals surface area contributed by atoms with Crippen LogP contribution in [-0.4, -0.2) is 17.8 Å². The molecular formula is C13H18BrClO2. The first kappa shape index (κ1) is 15.0. The summed E-state index contributed by atoms with van der Waals surface area (Å²) in [5.74, 6) is 0. The Labute approximate surface area is 116 Å². The number of aliphatic hydroxyl groups excluding tert-OH is 1. The maximum Gasteiger partial charge on any atom is 0.0802 e. The van der Waals surface area contributed by atoms with Gasteiger partial charge >= 0.3 is 0 Å². The van der Waals surface area contributed by atoms with E-state index < -0.39 is 6.10 Å². The van der Waals surface area contributed by atoms with Crippen molar-refractivity contribution in [1.82, 2.24) is 0 Å². The van der Waals surface area contributed by atoms with Gasteiger partial charge in [-0.3, -0.25) is 0 Å². The molecule has 0 aromatic heterocycles. The van der Waals surface area contributed by atoms with Crippen LogP contribution in [0.15, 0.2) is 22.7 Å². The van der Waals surface area contributed by atoms with Crippen molar-refractivity contribution in [2.75, 3.05) is 7.11 Å². The highest BCUT2D eigenvalue weighted by Gasteiger charge is 2.20. The van der Waals surface area contributed by atoms with Gasteiger partial charge in [0.2, 0.25) is 0 Å². The van der Waals surface area contributed by atoms with Crippen LogP contribution in [0.4, 0.5) is 0 Å². The molecule has 0 aliphatic rings. The lowest BCUT2D eigenvalue weighted by atomic mass is 9.97. The summed E-state index contributed by atoms with van der Waals surface area (Å²) >= 11 is 9.34. The van der Waals surface area contributed by atoms with Crippen molar-refractivity contribution in [1.29, 1.82) is 0 Å². The number of rotatable bonds is 5. The number of aliphatic hydroxyl groups is 1. The van der Waals surface area contributed by atoms with Gasteiger partial charge in [-0.2, -0.15) is 0 Å². The lowest BCUT2D eigenvalue weighted by Crippen LogP contribution is -2.23. The second kappa shape index (κ2) is 6.19. The third-order valence-corrected chi connectivity index (χ3v) is 3.85. The molecule has 4 heteroatoms. The Morgan fingerprint density at radius 1 is 1.47 bits per heavy atom. The fraction of sp³-hybridized carbons (Fsp3) is 0.538. The van der Waals surface area contributed by atoms with Gasteiger partial charge in [0.25, 0.3) is 0 Å². The minimum Gasteiger partial charge on any atom is -0.388 e. The van der Waals surface area contributed by atoms with Crippen LogP contribution in [0.3, 0.4) is 0 Å². The first-order valence-electron chi connectivity index (χ1n) is 5.54. The van der Waals surface area contributed by atoms with E-state index in [-0.39, 0.29) is 5.60 Å². The van der Waals surface area contributed by atoms with Crippen molar-refractivity contribution in [2.45, 2.75) is 38.4 Å². The lowest BCUT2D eigenvalue weighted by molar-refractivity contribution is 0.00273. The summed E-state index contributed by atoms with van der Waals surface area (Å²) in [5.41, 5.74) is 0.607. The molecule has 0 amide bonds. The van der Waals surface area contributed by atoms with Crippen molar-refractivity contribution in [3.63, 3.8) is 0 Å². The van der Waals surface area contributed by atoms with Crippen LogP contribution in [0.25, 0.3) is 0 Å². The van der Waals surface area contributed by atoms with Crippen molar-refractivity contribution in [3.8, 4) is 0 Å². The number of benzene rings is 1. The number of hydrogen-bond acceptors (Lipinski definition) is 2. The van der Waals surface area contributed by atoms with Gasteiger partial charge in [0, 0.05) is 16.6 Å². The largest absolute Gasteiger partial charge is 0.388 e.